The molecule has 4 heteroatoms. The molecule has 12 rings (SSSR count). The molecule has 0 spiro atoms. The van der Waals surface area contributed by atoms with Crippen LogP contribution in [0.5, 0.6) is 0 Å². The van der Waals surface area contributed by atoms with E-state index in [2.05, 4.69) is 179 Å². The molecule has 0 amide bonds. The minimum absolute atomic E-state index is 0.666. The van der Waals surface area contributed by atoms with Crippen molar-refractivity contribution < 1.29 is 0 Å². The third-order valence-electron chi connectivity index (χ3n) is 11.3. The van der Waals surface area contributed by atoms with E-state index in [1.165, 1.54) is 71.6 Å². The average Bonchev–Trinajstić information content (AvgIpc) is 3.87. The molecule has 1 aliphatic carbocycles. The van der Waals surface area contributed by atoms with E-state index in [1.54, 1.807) is 0 Å². The number of hydrogen-bond acceptors (Lipinski definition) is 2. The summed E-state index contributed by atoms with van der Waals surface area (Å²) >= 11 is 0. The van der Waals surface area contributed by atoms with Gasteiger partial charge in [0.15, 0.2) is 0 Å². The lowest BCUT2D eigenvalue weighted by atomic mass is 9.98. The van der Waals surface area contributed by atoms with E-state index in [0.29, 0.717) is 5.95 Å². The molecule has 54 heavy (non-hydrogen) atoms. The molecule has 0 saturated carbocycles. The zero-order valence-corrected chi connectivity index (χ0v) is 29.1. The topological polar surface area (TPSA) is 35.6 Å². The van der Waals surface area contributed by atoms with Crippen LogP contribution in [-0.4, -0.2) is 19.1 Å². The van der Waals surface area contributed by atoms with Crippen LogP contribution in [-0.2, 0) is 0 Å². The molecule has 3 aromatic heterocycles. The molecule has 1 aliphatic rings. The number of benzene rings is 8. The lowest BCUT2D eigenvalue weighted by Crippen LogP contribution is -2.03. The minimum atomic E-state index is 0.666. The zero-order chi connectivity index (χ0) is 35.3. The fourth-order valence-corrected chi connectivity index (χ4v) is 8.94. The molecule has 0 N–H and O–H groups in total. The van der Waals surface area contributed by atoms with Crippen molar-refractivity contribution in [2.24, 2.45) is 0 Å². The van der Waals surface area contributed by atoms with Gasteiger partial charge in [0, 0.05) is 43.9 Å². The van der Waals surface area contributed by atoms with Gasteiger partial charge in [-0.05, 0) is 76.0 Å². The molecule has 4 nitrogen and oxygen atoms in total. The Labute approximate surface area is 310 Å². The van der Waals surface area contributed by atoms with E-state index < -0.39 is 0 Å². The van der Waals surface area contributed by atoms with Gasteiger partial charge in [0.2, 0.25) is 5.95 Å². The molecule has 0 aliphatic heterocycles. The monoisotopic (exact) mass is 686 g/mol. The van der Waals surface area contributed by atoms with Crippen LogP contribution in [0, 0.1) is 0 Å². The Morgan fingerprint density at radius 3 is 1.81 bits per heavy atom. The molecule has 8 aromatic carbocycles. The van der Waals surface area contributed by atoms with Crippen molar-refractivity contribution in [2.45, 2.75) is 0 Å². The summed E-state index contributed by atoms with van der Waals surface area (Å²) in [6, 6.07) is 65.3. The second kappa shape index (κ2) is 11.1. The van der Waals surface area contributed by atoms with Gasteiger partial charge in [0.25, 0.3) is 0 Å². The van der Waals surface area contributed by atoms with E-state index in [0.717, 1.165) is 33.2 Å². The van der Waals surface area contributed by atoms with Gasteiger partial charge in [-0.1, -0.05) is 133 Å². The first-order valence-electron chi connectivity index (χ1n) is 18.4. The summed E-state index contributed by atoms with van der Waals surface area (Å²) in [7, 11) is 0. The van der Waals surface area contributed by atoms with Gasteiger partial charge in [-0.3, -0.25) is 4.57 Å². The number of hydrogen-bond donors (Lipinski definition) is 0. The van der Waals surface area contributed by atoms with E-state index in [-0.39, 0.29) is 0 Å². The van der Waals surface area contributed by atoms with Crippen molar-refractivity contribution in [3.8, 4) is 56.4 Å². The first-order chi connectivity index (χ1) is 26.8. The molecule has 0 fully saturated rings. The van der Waals surface area contributed by atoms with Crippen molar-refractivity contribution in [1.29, 1.82) is 0 Å². The first-order valence-corrected chi connectivity index (χ1v) is 18.4. The van der Waals surface area contributed by atoms with Crippen molar-refractivity contribution in [3.05, 3.63) is 182 Å². The lowest BCUT2D eigenvalue weighted by Gasteiger charge is -2.12. The van der Waals surface area contributed by atoms with Crippen LogP contribution in [0.25, 0.3) is 111 Å². The number of fused-ring (bicyclic) bond motifs is 9. The largest absolute Gasteiger partial charge is 0.309 e. The van der Waals surface area contributed by atoms with E-state index in [1.807, 2.05) is 12.1 Å². The average molecular weight is 687 g/mol. The fraction of sp³-hybridized carbons (Fsp3) is 0. The standard InChI is InChI=1S/C50H30N4/c1-3-13-32(14-4-1)48-37-20-7-9-23-42(37)51-50(52-48)54-43-24-10-8-19-36(43)40-29-33(25-27-44(40)54)34-26-28-45-41(30-34)47-38-21-11-15-31-16-12-22-39(46(31)38)49(47)53(45)35-17-5-2-6-18-35/h1-30H. The second-order valence-electron chi connectivity index (χ2n) is 14.2. The van der Waals surface area contributed by atoms with Gasteiger partial charge in [-0.2, -0.15) is 0 Å². The van der Waals surface area contributed by atoms with Gasteiger partial charge in [0.05, 0.1) is 33.5 Å². The van der Waals surface area contributed by atoms with Crippen molar-refractivity contribution >= 4 is 54.4 Å². The molecule has 0 saturated heterocycles. The summed E-state index contributed by atoms with van der Waals surface area (Å²) in [5, 5.41) is 7.26. The Bertz CT molecular complexity index is 3310. The maximum atomic E-state index is 5.27. The maximum absolute atomic E-state index is 5.27. The van der Waals surface area contributed by atoms with Gasteiger partial charge >= 0.3 is 0 Å². The highest BCUT2D eigenvalue weighted by molar-refractivity contribution is 6.22. The summed E-state index contributed by atoms with van der Waals surface area (Å²) in [5.41, 5.74) is 15.0. The third kappa shape index (κ3) is 4.08. The predicted octanol–water partition coefficient (Wildman–Crippen LogP) is 12.8. The van der Waals surface area contributed by atoms with Crippen molar-refractivity contribution in [2.75, 3.05) is 0 Å². The molecule has 3 heterocycles. The van der Waals surface area contributed by atoms with Gasteiger partial charge in [-0.15, -0.1) is 0 Å². The van der Waals surface area contributed by atoms with Crippen LogP contribution in [0.3, 0.4) is 0 Å². The molecule has 0 radical (unpaired) electrons. The number of nitrogens with zero attached hydrogens (tertiary/aromatic N) is 4. The summed E-state index contributed by atoms with van der Waals surface area (Å²) < 4.78 is 4.68. The van der Waals surface area contributed by atoms with Crippen LogP contribution in [0.2, 0.25) is 0 Å². The lowest BCUT2D eigenvalue weighted by molar-refractivity contribution is 1.01. The predicted molar refractivity (Wildman–Crippen MR) is 224 cm³/mol. The van der Waals surface area contributed by atoms with Gasteiger partial charge < -0.3 is 4.57 Å². The SMILES string of the molecule is c1ccc(-c2nc(-n3c4ccccc4c4cc(-c5ccc6c(c5)c5c(n6-c6ccccc6)-c6cccc7cccc-5c67)ccc43)nc3ccccc23)cc1. The molecular formula is C50H30N4. The van der Waals surface area contributed by atoms with Gasteiger partial charge in [0.1, 0.15) is 0 Å². The highest BCUT2D eigenvalue weighted by Gasteiger charge is 2.29. The Hall–Kier alpha value is -7.30. The van der Waals surface area contributed by atoms with Crippen LogP contribution < -0.4 is 0 Å². The van der Waals surface area contributed by atoms with E-state index in [9.17, 15) is 0 Å². The molecule has 0 bridgehead atoms. The molecular weight excluding hydrogens is 657 g/mol. The summed E-state index contributed by atoms with van der Waals surface area (Å²) in [4.78, 5) is 10.4. The highest BCUT2D eigenvalue weighted by Crippen LogP contribution is 2.53. The third-order valence-corrected chi connectivity index (χ3v) is 11.3. The summed E-state index contributed by atoms with van der Waals surface area (Å²) in [6.45, 7) is 0. The Morgan fingerprint density at radius 1 is 0.389 bits per heavy atom. The fourth-order valence-electron chi connectivity index (χ4n) is 8.94. The van der Waals surface area contributed by atoms with E-state index in [4.69, 9.17) is 9.97 Å². The quantitative estimate of drug-likeness (QED) is 0.185. The minimum Gasteiger partial charge on any atom is -0.309 e. The van der Waals surface area contributed by atoms with Gasteiger partial charge in [-0.25, -0.2) is 9.97 Å². The molecule has 11 aromatic rings. The molecule has 0 unspecified atom stereocenters. The van der Waals surface area contributed by atoms with Crippen molar-refractivity contribution in [1.82, 2.24) is 19.1 Å². The van der Waals surface area contributed by atoms with Crippen LogP contribution in [0.15, 0.2) is 182 Å². The second-order valence-corrected chi connectivity index (χ2v) is 14.2. The Balaban J connectivity index is 1.08. The first kappa shape index (κ1) is 29.3. The highest BCUT2D eigenvalue weighted by atomic mass is 15.2. The Kier molecular flexibility index (Phi) is 6.02. The van der Waals surface area contributed by atoms with Crippen molar-refractivity contribution in [3.63, 3.8) is 0 Å². The smallest absolute Gasteiger partial charge is 0.235 e. The number of para-hydroxylation sites is 3. The number of aromatic nitrogens is 4. The molecule has 0 atom stereocenters. The summed E-state index contributed by atoms with van der Waals surface area (Å²) in [5.74, 6) is 0.666. The Morgan fingerprint density at radius 2 is 1.02 bits per heavy atom. The molecule has 250 valence electrons. The zero-order valence-electron chi connectivity index (χ0n) is 29.1. The summed E-state index contributed by atoms with van der Waals surface area (Å²) in [6.07, 6.45) is 0. The normalized spacial score (nSPS) is 12.1. The van der Waals surface area contributed by atoms with E-state index >= 15 is 0 Å². The van der Waals surface area contributed by atoms with Crippen LogP contribution in [0.1, 0.15) is 0 Å². The number of rotatable bonds is 4. The van der Waals surface area contributed by atoms with Crippen LogP contribution >= 0.6 is 0 Å². The maximum Gasteiger partial charge on any atom is 0.235 e. The van der Waals surface area contributed by atoms with Crippen LogP contribution in [0.4, 0.5) is 0 Å².